The smallest absolute Gasteiger partial charge is 0.276 e. The molecule has 3 aromatic rings. The SMILES string of the molecule is Cc1noc(C2CCCCN2C(=O)c2cc(-c3ccccc3)on2)n1. The van der Waals surface area contributed by atoms with Crippen molar-refractivity contribution in [2.45, 2.75) is 32.2 Å². The maximum atomic E-state index is 12.9. The normalized spacial score (nSPS) is 17.6. The van der Waals surface area contributed by atoms with Crippen LogP contribution in [0.5, 0.6) is 0 Å². The number of carbonyl (C=O) groups is 1. The van der Waals surface area contributed by atoms with E-state index in [9.17, 15) is 4.79 Å². The van der Waals surface area contributed by atoms with Gasteiger partial charge in [0.2, 0.25) is 5.89 Å². The first kappa shape index (κ1) is 15.6. The lowest BCUT2D eigenvalue weighted by Crippen LogP contribution is -2.38. The minimum absolute atomic E-state index is 0.175. The second-order valence-electron chi connectivity index (χ2n) is 6.13. The largest absolute Gasteiger partial charge is 0.355 e. The van der Waals surface area contributed by atoms with E-state index in [1.807, 2.05) is 30.3 Å². The van der Waals surface area contributed by atoms with Crippen molar-refractivity contribution in [1.82, 2.24) is 20.2 Å². The molecule has 2 aromatic heterocycles. The maximum Gasteiger partial charge on any atom is 0.276 e. The minimum atomic E-state index is -0.209. The van der Waals surface area contributed by atoms with E-state index in [2.05, 4.69) is 15.3 Å². The van der Waals surface area contributed by atoms with Gasteiger partial charge in [-0.2, -0.15) is 4.98 Å². The molecule has 1 aromatic carbocycles. The van der Waals surface area contributed by atoms with Crippen LogP contribution in [0.15, 0.2) is 45.4 Å². The first-order chi connectivity index (χ1) is 12.2. The van der Waals surface area contributed by atoms with Crippen LogP contribution in [-0.2, 0) is 0 Å². The van der Waals surface area contributed by atoms with Crippen molar-refractivity contribution in [3.63, 3.8) is 0 Å². The summed E-state index contributed by atoms with van der Waals surface area (Å²) in [5.74, 6) is 1.45. The third-order valence-electron chi connectivity index (χ3n) is 4.38. The van der Waals surface area contributed by atoms with Crippen LogP contribution in [-0.4, -0.2) is 32.6 Å². The molecule has 0 N–H and O–H groups in total. The van der Waals surface area contributed by atoms with Gasteiger partial charge in [0.15, 0.2) is 17.3 Å². The summed E-state index contributed by atoms with van der Waals surface area (Å²) in [7, 11) is 0. The molecule has 1 unspecified atom stereocenters. The Balaban J connectivity index is 1.60. The Labute approximate surface area is 144 Å². The lowest BCUT2D eigenvalue weighted by molar-refractivity contribution is 0.0551. The topological polar surface area (TPSA) is 85.3 Å². The third-order valence-corrected chi connectivity index (χ3v) is 4.38. The molecule has 0 spiro atoms. The van der Waals surface area contributed by atoms with Crippen LogP contribution in [0, 0.1) is 6.92 Å². The first-order valence-electron chi connectivity index (χ1n) is 8.35. The van der Waals surface area contributed by atoms with Gasteiger partial charge in [0.25, 0.3) is 5.91 Å². The summed E-state index contributed by atoms with van der Waals surface area (Å²) in [4.78, 5) is 19.0. The van der Waals surface area contributed by atoms with Crippen LogP contribution < -0.4 is 0 Å². The van der Waals surface area contributed by atoms with E-state index in [-0.39, 0.29) is 11.9 Å². The van der Waals surface area contributed by atoms with Crippen molar-refractivity contribution in [2.24, 2.45) is 0 Å². The molecule has 1 aliphatic heterocycles. The van der Waals surface area contributed by atoms with E-state index < -0.39 is 0 Å². The monoisotopic (exact) mass is 338 g/mol. The number of aromatic nitrogens is 3. The average molecular weight is 338 g/mol. The Hall–Kier alpha value is -2.96. The number of piperidine rings is 1. The van der Waals surface area contributed by atoms with E-state index in [0.717, 1.165) is 24.8 Å². The number of hydrogen-bond acceptors (Lipinski definition) is 6. The number of hydrogen-bond donors (Lipinski definition) is 0. The lowest BCUT2D eigenvalue weighted by atomic mass is 10.0. The van der Waals surface area contributed by atoms with Gasteiger partial charge in [-0.3, -0.25) is 4.79 Å². The van der Waals surface area contributed by atoms with Gasteiger partial charge >= 0.3 is 0 Å². The summed E-state index contributed by atoms with van der Waals surface area (Å²) >= 11 is 0. The van der Waals surface area contributed by atoms with Crippen LogP contribution in [0.1, 0.15) is 47.5 Å². The summed E-state index contributed by atoms with van der Waals surface area (Å²) in [5, 5.41) is 7.81. The van der Waals surface area contributed by atoms with Crippen molar-refractivity contribution in [3.8, 4) is 11.3 Å². The number of aryl methyl sites for hydroxylation is 1. The van der Waals surface area contributed by atoms with Crippen molar-refractivity contribution >= 4 is 5.91 Å². The molecule has 0 aliphatic carbocycles. The molecular formula is C18H18N4O3. The van der Waals surface area contributed by atoms with Crippen LogP contribution in [0.3, 0.4) is 0 Å². The highest BCUT2D eigenvalue weighted by atomic mass is 16.5. The number of carbonyl (C=O) groups excluding carboxylic acids is 1. The lowest BCUT2D eigenvalue weighted by Gasteiger charge is -2.32. The predicted octanol–water partition coefficient (Wildman–Crippen LogP) is 3.40. The standard InChI is InChI=1S/C18H18N4O3/c1-12-19-17(25-20-12)15-9-5-6-10-22(15)18(23)14-11-16(24-21-14)13-7-3-2-4-8-13/h2-4,7-8,11,15H,5-6,9-10H2,1H3. The fourth-order valence-electron chi connectivity index (χ4n) is 3.14. The van der Waals surface area contributed by atoms with Crippen molar-refractivity contribution in [3.05, 3.63) is 53.8 Å². The summed E-state index contributed by atoms with van der Waals surface area (Å²) in [5.41, 5.74) is 1.18. The van der Waals surface area contributed by atoms with E-state index >= 15 is 0 Å². The third kappa shape index (κ3) is 3.05. The molecule has 1 aliphatic rings. The Morgan fingerprint density at radius 1 is 1.16 bits per heavy atom. The van der Waals surface area contributed by atoms with Crippen molar-refractivity contribution in [1.29, 1.82) is 0 Å². The zero-order valence-corrected chi connectivity index (χ0v) is 13.9. The van der Waals surface area contributed by atoms with Crippen LogP contribution >= 0.6 is 0 Å². The van der Waals surface area contributed by atoms with Crippen molar-refractivity contribution in [2.75, 3.05) is 6.54 Å². The van der Waals surface area contributed by atoms with Gasteiger partial charge in [-0.05, 0) is 26.2 Å². The van der Waals surface area contributed by atoms with Crippen LogP contribution in [0.25, 0.3) is 11.3 Å². The molecule has 1 fully saturated rings. The molecule has 1 atom stereocenters. The molecular weight excluding hydrogens is 320 g/mol. The highest BCUT2D eigenvalue weighted by Crippen LogP contribution is 2.31. The second kappa shape index (κ2) is 6.51. The fraction of sp³-hybridized carbons (Fsp3) is 0.333. The molecule has 0 radical (unpaired) electrons. The maximum absolute atomic E-state index is 12.9. The van der Waals surface area contributed by atoms with Gasteiger partial charge in [0, 0.05) is 18.2 Å². The minimum Gasteiger partial charge on any atom is -0.355 e. The highest BCUT2D eigenvalue weighted by molar-refractivity contribution is 5.93. The molecule has 25 heavy (non-hydrogen) atoms. The Bertz CT molecular complexity index is 871. The van der Waals surface area contributed by atoms with Crippen LogP contribution in [0.4, 0.5) is 0 Å². The van der Waals surface area contributed by atoms with E-state index in [0.29, 0.717) is 29.7 Å². The number of amides is 1. The van der Waals surface area contributed by atoms with Gasteiger partial charge < -0.3 is 13.9 Å². The quantitative estimate of drug-likeness (QED) is 0.727. The molecule has 3 heterocycles. The van der Waals surface area contributed by atoms with Crippen LogP contribution in [0.2, 0.25) is 0 Å². The molecule has 7 nitrogen and oxygen atoms in total. The van der Waals surface area contributed by atoms with Gasteiger partial charge in [-0.25, -0.2) is 0 Å². The summed E-state index contributed by atoms with van der Waals surface area (Å²) in [6, 6.07) is 11.1. The van der Waals surface area contributed by atoms with E-state index in [4.69, 9.17) is 9.05 Å². The van der Waals surface area contributed by atoms with Crippen molar-refractivity contribution < 1.29 is 13.8 Å². The molecule has 128 valence electrons. The first-order valence-corrected chi connectivity index (χ1v) is 8.35. The Kier molecular flexibility index (Phi) is 4.05. The number of rotatable bonds is 3. The molecule has 7 heteroatoms. The molecule has 4 rings (SSSR count). The molecule has 0 saturated carbocycles. The summed E-state index contributed by atoms with van der Waals surface area (Å²) in [6.07, 6.45) is 2.76. The average Bonchev–Trinajstić information content (AvgIpc) is 3.31. The van der Waals surface area contributed by atoms with E-state index in [1.165, 1.54) is 0 Å². The molecule has 1 amide bonds. The molecule has 1 saturated heterocycles. The van der Waals surface area contributed by atoms with Gasteiger partial charge in [-0.1, -0.05) is 40.6 Å². The summed E-state index contributed by atoms with van der Waals surface area (Å²) < 4.78 is 10.7. The Morgan fingerprint density at radius 3 is 2.76 bits per heavy atom. The van der Waals surface area contributed by atoms with Gasteiger partial charge in [-0.15, -0.1) is 0 Å². The summed E-state index contributed by atoms with van der Waals surface area (Å²) in [6.45, 7) is 2.41. The highest BCUT2D eigenvalue weighted by Gasteiger charge is 2.33. The zero-order valence-electron chi connectivity index (χ0n) is 13.9. The van der Waals surface area contributed by atoms with Gasteiger partial charge in [0.1, 0.15) is 6.04 Å². The predicted molar refractivity (Wildman–Crippen MR) is 88.6 cm³/mol. The second-order valence-corrected chi connectivity index (χ2v) is 6.13. The zero-order chi connectivity index (χ0) is 17.2. The fourth-order valence-corrected chi connectivity index (χ4v) is 3.14. The van der Waals surface area contributed by atoms with E-state index in [1.54, 1.807) is 17.9 Å². The van der Waals surface area contributed by atoms with Gasteiger partial charge in [0.05, 0.1) is 0 Å². The Morgan fingerprint density at radius 2 is 2.00 bits per heavy atom. The number of likely N-dealkylation sites (tertiary alicyclic amines) is 1. The molecule has 0 bridgehead atoms. The number of benzene rings is 1. The number of nitrogens with zero attached hydrogens (tertiary/aromatic N) is 4.